The summed E-state index contributed by atoms with van der Waals surface area (Å²) in [5.41, 5.74) is 1.30. The molecule has 1 aliphatic heterocycles. The minimum atomic E-state index is -5.08. The van der Waals surface area contributed by atoms with Crippen LogP contribution in [0.2, 0.25) is 0 Å². The molecule has 4 rings (SSSR count). The van der Waals surface area contributed by atoms with Crippen molar-refractivity contribution in [2.75, 3.05) is 13.2 Å². The number of morpholine rings is 1. The number of carboxylic acids is 1. The number of aliphatic carboxylic acids is 1. The molecule has 1 unspecified atom stereocenters. The normalized spacial score (nSPS) is 24.4. The lowest BCUT2D eigenvalue weighted by molar-refractivity contribution is -0.192. The monoisotopic (exact) mass is 411 g/mol. The van der Waals surface area contributed by atoms with Crippen molar-refractivity contribution in [2.45, 2.75) is 44.3 Å². The summed E-state index contributed by atoms with van der Waals surface area (Å²) in [5, 5.41) is 7.12. The first kappa shape index (κ1) is 21.3. The van der Waals surface area contributed by atoms with Gasteiger partial charge >= 0.3 is 12.1 Å². The Hall–Kier alpha value is -2.39. The van der Waals surface area contributed by atoms with E-state index >= 15 is 0 Å². The van der Waals surface area contributed by atoms with Gasteiger partial charge in [0.1, 0.15) is 0 Å². The molecule has 0 spiro atoms. The molecule has 29 heavy (non-hydrogen) atoms. The van der Waals surface area contributed by atoms with Crippen molar-refractivity contribution in [3.8, 4) is 0 Å². The molecule has 0 amide bonds. The number of aromatic nitrogens is 2. The van der Waals surface area contributed by atoms with Gasteiger partial charge in [-0.2, -0.15) is 13.2 Å². The summed E-state index contributed by atoms with van der Waals surface area (Å²) in [6.45, 7) is 3.96. The molecule has 2 fully saturated rings. The first-order chi connectivity index (χ1) is 13.8. The maximum absolute atomic E-state index is 10.6. The van der Waals surface area contributed by atoms with Crippen LogP contribution in [0.15, 0.2) is 49.1 Å². The maximum atomic E-state index is 10.6. The molecule has 158 valence electrons. The molecule has 1 saturated heterocycles. The van der Waals surface area contributed by atoms with Gasteiger partial charge in [-0.3, -0.25) is 9.88 Å². The fourth-order valence-electron chi connectivity index (χ4n) is 4.02. The summed E-state index contributed by atoms with van der Waals surface area (Å²) in [7, 11) is 0. The minimum absolute atomic E-state index is 0.382. The van der Waals surface area contributed by atoms with Crippen molar-refractivity contribution in [1.82, 2.24) is 14.5 Å². The predicted octanol–water partition coefficient (Wildman–Crippen LogP) is 3.20. The largest absolute Gasteiger partial charge is 0.490 e. The highest BCUT2D eigenvalue weighted by molar-refractivity contribution is 5.73. The van der Waals surface area contributed by atoms with Crippen LogP contribution >= 0.6 is 0 Å². The maximum Gasteiger partial charge on any atom is 0.490 e. The molecule has 0 radical (unpaired) electrons. The lowest BCUT2D eigenvalue weighted by Crippen LogP contribution is -2.50. The zero-order valence-corrected chi connectivity index (χ0v) is 15.8. The van der Waals surface area contributed by atoms with Gasteiger partial charge in [0, 0.05) is 56.4 Å². The number of ether oxygens (including phenoxy) is 1. The molecular formula is C20H24F3N3O3. The highest BCUT2D eigenvalue weighted by Gasteiger charge is 2.42. The third-order valence-electron chi connectivity index (χ3n) is 5.30. The van der Waals surface area contributed by atoms with Gasteiger partial charge in [-0.15, -0.1) is 0 Å². The van der Waals surface area contributed by atoms with Crippen LogP contribution < -0.4 is 0 Å². The Morgan fingerprint density at radius 1 is 1.24 bits per heavy atom. The van der Waals surface area contributed by atoms with Crippen molar-refractivity contribution >= 4 is 5.97 Å². The van der Waals surface area contributed by atoms with Crippen molar-refractivity contribution < 1.29 is 27.8 Å². The fourth-order valence-corrected chi connectivity index (χ4v) is 4.02. The molecule has 9 heteroatoms. The lowest BCUT2D eigenvalue weighted by atomic mass is 10.0. The molecule has 0 bridgehead atoms. The van der Waals surface area contributed by atoms with Crippen LogP contribution in [0, 0.1) is 5.92 Å². The summed E-state index contributed by atoms with van der Waals surface area (Å²) in [4.78, 5) is 15.7. The van der Waals surface area contributed by atoms with E-state index in [0.717, 1.165) is 26.2 Å². The molecular weight excluding hydrogens is 387 g/mol. The zero-order valence-electron chi connectivity index (χ0n) is 15.8. The number of nitrogens with zero attached hydrogens (tertiary/aromatic N) is 3. The number of rotatable bonds is 4. The second-order valence-corrected chi connectivity index (χ2v) is 7.25. The van der Waals surface area contributed by atoms with Gasteiger partial charge in [-0.25, -0.2) is 4.79 Å². The first-order valence-corrected chi connectivity index (χ1v) is 9.50. The molecule has 1 N–H and O–H groups in total. The molecule has 2 aromatic heterocycles. The van der Waals surface area contributed by atoms with Crippen molar-refractivity contribution in [2.24, 2.45) is 5.92 Å². The zero-order chi connectivity index (χ0) is 20.9. The van der Waals surface area contributed by atoms with E-state index in [2.05, 4.69) is 45.0 Å². The van der Waals surface area contributed by atoms with E-state index in [-0.39, 0.29) is 0 Å². The Labute approximate surface area is 166 Å². The van der Waals surface area contributed by atoms with Crippen LogP contribution in [-0.4, -0.2) is 57.0 Å². The number of carboxylic acid groups (broad SMARTS) is 1. The van der Waals surface area contributed by atoms with Gasteiger partial charge in [-0.1, -0.05) is 6.07 Å². The average molecular weight is 411 g/mol. The summed E-state index contributed by atoms with van der Waals surface area (Å²) in [6, 6.07) is 8.96. The van der Waals surface area contributed by atoms with Gasteiger partial charge in [0.15, 0.2) is 0 Å². The summed E-state index contributed by atoms with van der Waals surface area (Å²) < 4.78 is 40.2. The smallest absolute Gasteiger partial charge is 0.475 e. The fraction of sp³-hybridized carbons (Fsp3) is 0.500. The van der Waals surface area contributed by atoms with Gasteiger partial charge < -0.3 is 14.4 Å². The van der Waals surface area contributed by atoms with E-state index in [4.69, 9.17) is 14.6 Å². The van der Waals surface area contributed by atoms with E-state index in [0.29, 0.717) is 18.1 Å². The summed E-state index contributed by atoms with van der Waals surface area (Å²) >= 11 is 0. The molecule has 3 atom stereocenters. The SMILES string of the molecule is O=C(O)C(F)(F)F.c1cncc(CN2CCO[C@H]3C(Cn4cccc4)CC[C@@H]32)c1. The molecule has 1 saturated carbocycles. The summed E-state index contributed by atoms with van der Waals surface area (Å²) in [5.74, 6) is -2.12. The van der Waals surface area contributed by atoms with E-state index in [9.17, 15) is 13.2 Å². The van der Waals surface area contributed by atoms with Gasteiger partial charge in [0.2, 0.25) is 0 Å². The van der Waals surface area contributed by atoms with Crippen LogP contribution in [0.25, 0.3) is 0 Å². The Morgan fingerprint density at radius 3 is 2.59 bits per heavy atom. The molecule has 2 aromatic rings. The third-order valence-corrected chi connectivity index (χ3v) is 5.30. The average Bonchev–Trinajstić information content (AvgIpc) is 3.34. The topological polar surface area (TPSA) is 67.6 Å². The third kappa shape index (κ3) is 5.80. The second-order valence-electron chi connectivity index (χ2n) is 7.25. The van der Waals surface area contributed by atoms with Crippen molar-refractivity contribution in [1.29, 1.82) is 0 Å². The van der Waals surface area contributed by atoms with Gasteiger partial charge in [-0.05, 0) is 36.6 Å². The summed E-state index contributed by atoms with van der Waals surface area (Å²) in [6.07, 6.45) is 5.94. The van der Waals surface area contributed by atoms with Crippen LogP contribution in [-0.2, 0) is 22.6 Å². The van der Waals surface area contributed by atoms with Crippen molar-refractivity contribution in [3.05, 3.63) is 54.6 Å². The molecule has 0 aromatic carbocycles. The van der Waals surface area contributed by atoms with Crippen LogP contribution in [0.5, 0.6) is 0 Å². The standard InChI is InChI=1S/C18H23N3O.C2HF3O2/c1-2-9-20(8-1)14-16-5-6-17-18(16)22-11-10-21(17)13-15-4-3-7-19-12-15;3-2(4,5)1(6)7/h1-4,7-9,12,16-18H,5-6,10-11,13-14H2;(H,6,7)/t16?,17-,18-;/m0./s1. The Kier molecular flexibility index (Phi) is 6.92. The number of halogens is 3. The van der Waals surface area contributed by atoms with Crippen LogP contribution in [0.1, 0.15) is 18.4 Å². The molecule has 1 aliphatic carbocycles. The Bertz CT molecular complexity index is 768. The second kappa shape index (κ2) is 9.41. The van der Waals surface area contributed by atoms with Crippen molar-refractivity contribution in [3.63, 3.8) is 0 Å². The number of alkyl halides is 3. The number of carbonyl (C=O) groups is 1. The van der Waals surface area contributed by atoms with Crippen LogP contribution in [0.3, 0.4) is 0 Å². The Balaban J connectivity index is 0.000000298. The first-order valence-electron chi connectivity index (χ1n) is 9.50. The quantitative estimate of drug-likeness (QED) is 0.837. The molecule has 6 nitrogen and oxygen atoms in total. The number of pyridine rings is 1. The lowest BCUT2D eigenvalue weighted by Gasteiger charge is -2.39. The van der Waals surface area contributed by atoms with E-state index in [1.807, 2.05) is 18.5 Å². The highest BCUT2D eigenvalue weighted by Crippen LogP contribution is 2.36. The van der Waals surface area contributed by atoms with E-state index in [1.54, 1.807) is 0 Å². The van der Waals surface area contributed by atoms with E-state index < -0.39 is 12.1 Å². The number of hydrogen-bond acceptors (Lipinski definition) is 4. The Morgan fingerprint density at radius 2 is 1.97 bits per heavy atom. The highest BCUT2D eigenvalue weighted by atomic mass is 19.4. The number of hydrogen-bond donors (Lipinski definition) is 1. The van der Waals surface area contributed by atoms with Crippen LogP contribution in [0.4, 0.5) is 13.2 Å². The molecule has 3 heterocycles. The predicted molar refractivity (Wildman–Crippen MR) is 99.0 cm³/mol. The van der Waals surface area contributed by atoms with Gasteiger partial charge in [0.25, 0.3) is 0 Å². The number of fused-ring (bicyclic) bond motifs is 1. The molecule has 2 aliphatic rings. The van der Waals surface area contributed by atoms with E-state index in [1.165, 1.54) is 18.4 Å². The van der Waals surface area contributed by atoms with Gasteiger partial charge in [0.05, 0.1) is 12.7 Å². The minimum Gasteiger partial charge on any atom is -0.475 e.